The molecule has 19 heavy (non-hydrogen) atoms. The minimum absolute atomic E-state index is 0.259. The minimum Gasteiger partial charge on any atom is -0.313 e. The zero-order valence-corrected chi connectivity index (χ0v) is 12.8. The Morgan fingerprint density at radius 2 is 2.32 bits per heavy atom. The highest BCUT2D eigenvalue weighted by molar-refractivity contribution is 7.91. The van der Waals surface area contributed by atoms with E-state index in [-0.39, 0.29) is 6.04 Å². The topological polar surface area (TPSA) is 49.4 Å². The summed E-state index contributed by atoms with van der Waals surface area (Å²) in [6.45, 7) is 4.42. The van der Waals surface area contributed by atoms with Crippen LogP contribution in [0, 0.1) is 5.92 Å². The molecule has 106 valence electrons. The molecule has 4 nitrogen and oxygen atoms in total. The van der Waals surface area contributed by atoms with Crippen molar-refractivity contribution in [2.45, 2.75) is 43.0 Å². The third-order valence-corrected chi connectivity index (χ3v) is 7.51. The van der Waals surface area contributed by atoms with Gasteiger partial charge in [0.15, 0.2) is 0 Å². The maximum atomic E-state index is 12.6. The standard InChI is InChI=1S/C13H20N2O2S2/c1-2-14-7-11-6-13(18-9-11)19(16,17)15-8-10-3-4-12(15)5-10/h6,9-10,12,14H,2-5,7-8H2,1H3. The van der Waals surface area contributed by atoms with Gasteiger partial charge in [-0.15, -0.1) is 11.3 Å². The SMILES string of the molecule is CCNCc1csc(S(=O)(=O)N2CC3CCC2C3)c1. The molecule has 1 saturated heterocycles. The van der Waals surface area contributed by atoms with E-state index in [9.17, 15) is 8.42 Å². The number of hydrogen-bond acceptors (Lipinski definition) is 4. The molecule has 1 aliphatic carbocycles. The molecule has 2 fully saturated rings. The van der Waals surface area contributed by atoms with E-state index in [1.807, 2.05) is 18.4 Å². The monoisotopic (exact) mass is 300 g/mol. The first-order valence-electron chi connectivity index (χ1n) is 6.91. The maximum absolute atomic E-state index is 12.6. The second-order valence-electron chi connectivity index (χ2n) is 5.46. The Bertz CT molecular complexity index is 553. The molecule has 0 amide bonds. The molecule has 1 N–H and O–H groups in total. The van der Waals surface area contributed by atoms with Crippen molar-refractivity contribution >= 4 is 21.4 Å². The number of hydrogen-bond donors (Lipinski definition) is 1. The second-order valence-corrected chi connectivity index (χ2v) is 8.49. The average molecular weight is 300 g/mol. The summed E-state index contributed by atoms with van der Waals surface area (Å²) >= 11 is 1.35. The number of piperidine rings is 1. The molecule has 1 aliphatic heterocycles. The lowest BCUT2D eigenvalue weighted by Gasteiger charge is -2.25. The van der Waals surface area contributed by atoms with E-state index in [0.717, 1.165) is 38.0 Å². The van der Waals surface area contributed by atoms with Gasteiger partial charge in [-0.25, -0.2) is 8.42 Å². The van der Waals surface area contributed by atoms with E-state index in [1.165, 1.54) is 17.8 Å². The molecule has 2 heterocycles. The molecular weight excluding hydrogens is 280 g/mol. The molecule has 0 radical (unpaired) electrons. The van der Waals surface area contributed by atoms with Crippen molar-refractivity contribution in [3.8, 4) is 0 Å². The van der Waals surface area contributed by atoms with Gasteiger partial charge in [0.2, 0.25) is 0 Å². The van der Waals surface area contributed by atoms with Crippen molar-refractivity contribution in [1.82, 2.24) is 9.62 Å². The Morgan fingerprint density at radius 3 is 2.95 bits per heavy atom. The number of nitrogens with one attached hydrogen (secondary N) is 1. The van der Waals surface area contributed by atoms with Crippen molar-refractivity contribution in [2.24, 2.45) is 5.92 Å². The normalized spacial score (nSPS) is 27.2. The van der Waals surface area contributed by atoms with Crippen LogP contribution in [0.25, 0.3) is 0 Å². The quantitative estimate of drug-likeness (QED) is 0.905. The summed E-state index contributed by atoms with van der Waals surface area (Å²) < 4.78 is 27.5. The molecule has 1 aromatic rings. The van der Waals surface area contributed by atoms with Gasteiger partial charge in [-0.2, -0.15) is 4.31 Å². The van der Waals surface area contributed by atoms with E-state index in [2.05, 4.69) is 5.32 Å². The summed E-state index contributed by atoms with van der Waals surface area (Å²) in [6, 6.07) is 2.09. The molecule has 2 aliphatic rings. The third-order valence-electron chi connectivity index (χ3n) is 4.13. The van der Waals surface area contributed by atoms with Gasteiger partial charge in [-0.3, -0.25) is 0 Å². The molecule has 0 spiro atoms. The average Bonchev–Trinajstić information content (AvgIpc) is 3.11. The number of sulfonamides is 1. The smallest absolute Gasteiger partial charge is 0.252 e. The van der Waals surface area contributed by atoms with Gasteiger partial charge in [-0.05, 0) is 48.7 Å². The van der Waals surface area contributed by atoms with Crippen molar-refractivity contribution in [3.63, 3.8) is 0 Å². The van der Waals surface area contributed by atoms with Gasteiger partial charge in [0.05, 0.1) is 0 Å². The van der Waals surface area contributed by atoms with Crippen molar-refractivity contribution < 1.29 is 8.42 Å². The predicted molar refractivity (Wildman–Crippen MR) is 76.7 cm³/mol. The van der Waals surface area contributed by atoms with Crippen LogP contribution in [-0.2, 0) is 16.6 Å². The zero-order valence-electron chi connectivity index (χ0n) is 11.1. The highest BCUT2D eigenvalue weighted by Gasteiger charge is 2.44. The molecule has 2 bridgehead atoms. The van der Waals surface area contributed by atoms with E-state index >= 15 is 0 Å². The van der Waals surface area contributed by atoms with Crippen LogP contribution in [0.5, 0.6) is 0 Å². The summed E-state index contributed by atoms with van der Waals surface area (Å²) in [5, 5.41) is 5.17. The van der Waals surface area contributed by atoms with Crippen molar-refractivity contribution in [2.75, 3.05) is 13.1 Å². The lowest BCUT2D eigenvalue weighted by atomic mass is 10.1. The summed E-state index contributed by atoms with van der Waals surface area (Å²) in [5.41, 5.74) is 1.06. The van der Waals surface area contributed by atoms with Crippen LogP contribution in [0.15, 0.2) is 15.7 Å². The summed E-state index contributed by atoms with van der Waals surface area (Å²) in [7, 11) is -3.25. The highest BCUT2D eigenvalue weighted by Crippen LogP contribution is 2.41. The molecule has 1 aromatic heterocycles. The Kier molecular flexibility index (Phi) is 3.68. The zero-order chi connectivity index (χ0) is 13.5. The molecule has 6 heteroatoms. The van der Waals surface area contributed by atoms with E-state index in [4.69, 9.17) is 0 Å². The van der Waals surface area contributed by atoms with Crippen LogP contribution in [0.1, 0.15) is 31.7 Å². The van der Waals surface area contributed by atoms with Crippen LogP contribution in [0.3, 0.4) is 0 Å². The van der Waals surface area contributed by atoms with Crippen molar-refractivity contribution in [3.05, 3.63) is 17.0 Å². The summed E-state index contributed by atoms with van der Waals surface area (Å²) in [5.74, 6) is 0.598. The first-order valence-corrected chi connectivity index (χ1v) is 9.23. The maximum Gasteiger partial charge on any atom is 0.252 e. The van der Waals surface area contributed by atoms with Gasteiger partial charge in [0.25, 0.3) is 10.0 Å². The fourth-order valence-electron chi connectivity index (χ4n) is 3.14. The fraction of sp³-hybridized carbons (Fsp3) is 0.692. The molecule has 2 atom stereocenters. The van der Waals surface area contributed by atoms with E-state index in [0.29, 0.717) is 10.1 Å². The minimum atomic E-state index is -3.25. The Hall–Kier alpha value is -0.430. The van der Waals surface area contributed by atoms with Gasteiger partial charge in [-0.1, -0.05) is 6.92 Å². The molecular formula is C13H20N2O2S2. The molecule has 2 unspecified atom stereocenters. The second kappa shape index (κ2) is 5.16. The number of rotatable bonds is 5. The van der Waals surface area contributed by atoms with Crippen LogP contribution in [-0.4, -0.2) is 31.9 Å². The van der Waals surface area contributed by atoms with Gasteiger partial charge in [0, 0.05) is 19.1 Å². The molecule has 3 rings (SSSR count). The van der Waals surface area contributed by atoms with Gasteiger partial charge < -0.3 is 5.32 Å². The number of thiophene rings is 1. The third kappa shape index (κ3) is 2.46. The van der Waals surface area contributed by atoms with Crippen molar-refractivity contribution in [1.29, 1.82) is 0 Å². The van der Waals surface area contributed by atoms with Gasteiger partial charge >= 0.3 is 0 Å². The first-order chi connectivity index (χ1) is 9.11. The molecule has 0 aromatic carbocycles. The van der Waals surface area contributed by atoms with Crippen LogP contribution < -0.4 is 5.32 Å². The van der Waals surface area contributed by atoms with Crippen LogP contribution in [0.4, 0.5) is 0 Å². The Labute approximate surface area is 118 Å². The Morgan fingerprint density at radius 1 is 1.47 bits per heavy atom. The van der Waals surface area contributed by atoms with Gasteiger partial charge in [0.1, 0.15) is 4.21 Å². The predicted octanol–water partition coefficient (Wildman–Crippen LogP) is 2.03. The lowest BCUT2D eigenvalue weighted by Crippen LogP contribution is -2.37. The number of nitrogens with zero attached hydrogens (tertiary/aromatic N) is 1. The first kappa shape index (κ1) is 13.5. The Balaban J connectivity index is 1.78. The lowest BCUT2D eigenvalue weighted by molar-refractivity contribution is 0.334. The van der Waals surface area contributed by atoms with Crippen LogP contribution >= 0.6 is 11.3 Å². The largest absolute Gasteiger partial charge is 0.313 e. The summed E-state index contributed by atoms with van der Waals surface area (Å²) in [6.07, 6.45) is 3.31. The molecule has 1 saturated carbocycles. The van der Waals surface area contributed by atoms with E-state index in [1.54, 1.807) is 4.31 Å². The number of fused-ring (bicyclic) bond motifs is 2. The highest BCUT2D eigenvalue weighted by atomic mass is 32.2. The van der Waals surface area contributed by atoms with Crippen LogP contribution in [0.2, 0.25) is 0 Å². The van der Waals surface area contributed by atoms with E-state index < -0.39 is 10.0 Å². The fourth-order valence-corrected chi connectivity index (χ4v) is 6.22. The summed E-state index contributed by atoms with van der Waals surface area (Å²) in [4.78, 5) is 0.